The van der Waals surface area contributed by atoms with Gasteiger partial charge in [0.05, 0.1) is 8.49 Å². The van der Waals surface area contributed by atoms with Gasteiger partial charge in [-0.25, -0.2) is 4.98 Å². The van der Waals surface area contributed by atoms with Gasteiger partial charge >= 0.3 is 0 Å². The van der Waals surface area contributed by atoms with E-state index in [1.807, 2.05) is 6.07 Å². The zero-order valence-electron chi connectivity index (χ0n) is 6.55. The van der Waals surface area contributed by atoms with E-state index >= 15 is 0 Å². The third kappa shape index (κ3) is 1.59. The molecule has 0 spiro atoms. The number of fused-ring (bicyclic) bond motifs is 1. The fraction of sp³-hybridized carbons (Fsp3) is 0.125. The molecule has 2 N–H and O–H groups in total. The highest BCUT2D eigenvalue weighted by Crippen LogP contribution is 2.35. The van der Waals surface area contributed by atoms with E-state index in [1.54, 1.807) is 17.5 Å². The number of aromatic nitrogens is 1. The summed E-state index contributed by atoms with van der Waals surface area (Å²) in [6.45, 7) is 0.490. The third-order valence-corrected chi connectivity index (χ3v) is 3.83. The molecular weight excluding hydrogens is 272 g/mol. The predicted molar refractivity (Wildman–Crippen MR) is 60.2 cm³/mol. The summed E-state index contributed by atoms with van der Waals surface area (Å²) < 4.78 is 2.04. The predicted octanol–water partition coefficient (Wildman–Crippen LogP) is 3.17. The van der Waals surface area contributed by atoms with Crippen molar-refractivity contribution in [1.82, 2.24) is 4.98 Å². The molecule has 0 aliphatic heterocycles. The van der Waals surface area contributed by atoms with Crippen molar-refractivity contribution >= 4 is 49.0 Å². The summed E-state index contributed by atoms with van der Waals surface area (Å²) in [5.41, 5.74) is 6.61. The topological polar surface area (TPSA) is 38.9 Å². The summed E-state index contributed by atoms with van der Waals surface area (Å²) in [5.74, 6) is 0. The number of thiophene rings is 1. The largest absolute Gasteiger partial charge is 0.326 e. The van der Waals surface area contributed by atoms with Crippen molar-refractivity contribution in [3.8, 4) is 0 Å². The summed E-state index contributed by atoms with van der Waals surface area (Å²) in [7, 11) is 0. The molecule has 2 heterocycles. The standard InChI is InChI=1S/C8H6BrClN2S/c9-6-1-5-4(2-11)3-12-8(10)7(5)13-6/h1,3H,2,11H2. The van der Waals surface area contributed by atoms with Crippen LogP contribution < -0.4 is 5.73 Å². The van der Waals surface area contributed by atoms with Crippen molar-refractivity contribution in [3.05, 3.63) is 26.8 Å². The highest BCUT2D eigenvalue weighted by atomic mass is 79.9. The maximum atomic E-state index is 5.94. The van der Waals surface area contributed by atoms with Crippen LogP contribution in [0.2, 0.25) is 5.15 Å². The lowest BCUT2D eigenvalue weighted by Gasteiger charge is -1.98. The molecular formula is C8H6BrClN2S. The van der Waals surface area contributed by atoms with Crippen molar-refractivity contribution in [2.45, 2.75) is 6.54 Å². The van der Waals surface area contributed by atoms with Crippen LogP contribution in [0.15, 0.2) is 16.0 Å². The van der Waals surface area contributed by atoms with Gasteiger partial charge < -0.3 is 5.73 Å². The number of nitrogens with zero attached hydrogens (tertiary/aromatic N) is 1. The van der Waals surface area contributed by atoms with Gasteiger partial charge in [-0.15, -0.1) is 11.3 Å². The number of nitrogens with two attached hydrogens (primary N) is 1. The van der Waals surface area contributed by atoms with Crippen LogP contribution in [-0.2, 0) is 6.54 Å². The second-order valence-electron chi connectivity index (χ2n) is 2.57. The van der Waals surface area contributed by atoms with Crippen LogP contribution >= 0.6 is 38.9 Å². The third-order valence-electron chi connectivity index (χ3n) is 1.79. The Hall–Kier alpha value is -0.160. The lowest BCUT2D eigenvalue weighted by Crippen LogP contribution is -1.97. The van der Waals surface area contributed by atoms with E-state index in [4.69, 9.17) is 17.3 Å². The summed E-state index contributed by atoms with van der Waals surface area (Å²) in [4.78, 5) is 4.07. The molecule has 0 saturated carbocycles. The zero-order valence-corrected chi connectivity index (χ0v) is 9.71. The first-order chi connectivity index (χ1) is 6.22. The Balaban J connectivity index is 2.83. The van der Waals surface area contributed by atoms with E-state index in [1.165, 1.54) is 0 Å². The van der Waals surface area contributed by atoms with Crippen LogP contribution in [0.25, 0.3) is 10.1 Å². The normalized spacial score (nSPS) is 11.0. The van der Waals surface area contributed by atoms with Gasteiger partial charge in [-0.3, -0.25) is 0 Å². The molecule has 0 bridgehead atoms. The number of pyridine rings is 1. The highest BCUT2D eigenvalue weighted by molar-refractivity contribution is 9.11. The van der Waals surface area contributed by atoms with Crippen molar-refractivity contribution in [3.63, 3.8) is 0 Å². The second kappa shape index (κ2) is 3.53. The Morgan fingerprint density at radius 2 is 2.38 bits per heavy atom. The average Bonchev–Trinajstić information content (AvgIpc) is 2.48. The minimum absolute atomic E-state index is 0.490. The van der Waals surface area contributed by atoms with Crippen LogP contribution in [0.1, 0.15) is 5.56 Å². The van der Waals surface area contributed by atoms with Crippen molar-refractivity contribution in [1.29, 1.82) is 0 Å². The molecule has 68 valence electrons. The quantitative estimate of drug-likeness (QED) is 0.813. The molecule has 2 aromatic rings. The van der Waals surface area contributed by atoms with Crippen LogP contribution in [0.4, 0.5) is 0 Å². The first-order valence-corrected chi connectivity index (χ1v) is 5.63. The minimum atomic E-state index is 0.490. The smallest absolute Gasteiger partial charge is 0.146 e. The molecule has 0 aliphatic carbocycles. The van der Waals surface area contributed by atoms with E-state index < -0.39 is 0 Å². The fourth-order valence-electron chi connectivity index (χ4n) is 1.18. The molecule has 2 nitrogen and oxygen atoms in total. The first kappa shape index (κ1) is 9.40. The number of hydrogen-bond acceptors (Lipinski definition) is 3. The average molecular weight is 278 g/mol. The summed E-state index contributed by atoms with van der Waals surface area (Å²) in [6.07, 6.45) is 1.73. The van der Waals surface area contributed by atoms with Crippen LogP contribution in [-0.4, -0.2) is 4.98 Å². The molecule has 0 atom stereocenters. The van der Waals surface area contributed by atoms with E-state index in [9.17, 15) is 0 Å². The molecule has 0 aliphatic rings. The van der Waals surface area contributed by atoms with Gasteiger partial charge in [-0.05, 0) is 27.6 Å². The maximum Gasteiger partial charge on any atom is 0.146 e. The Bertz CT molecular complexity index is 455. The van der Waals surface area contributed by atoms with E-state index in [0.29, 0.717) is 11.7 Å². The molecule has 0 aromatic carbocycles. The van der Waals surface area contributed by atoms with Gasteiger partial charge in [0.15, 0.2) is 0 Å². The van der Waals surface area contributed by atoms with Gasteiger partial charge in [0.25, 0.3) is 0 Å². The Kier molecular flexibility index (Phi) is 2.55. The molecule has 0 saturated heterocycles. The Morgan fingerprint density at radius 3 is 3.08 bits per heavy atom. The molecule has 0 unspecified atom stereocenters. The first-order valence-electron chi connectivity index (χ1n) is 3.65. The summed E-state index contributed by atoms with van der Waals surface area (Å²) >= 11 is 10.9. The number of rotatable bonds is 1. The van der Waals surface area contributed by atoms with E-state index in [0.717, 1.165) is 19.4 Å². The number of hydrogen-bond donors (Lipinski definition) is 1. The second-order valence-corrected chi connectivity index (χ2v) is 5.36. The minimum Gasteiger partial charge on any atom is -0.326 e. The van der Waals surface area contributed by atoms with E-state index in [2.05, 4.69) is 20.9 Å². The Labute approximate surface area is 92.8 Å². The molecule has 5 heteroatoms. The van der Waals surface area contributed by atoms with Gasteiger partial charge in [0, 0.05) is 18.1 Å². The highest BCUT2D eigenvalue weighted by Gasteiger charge is 2.08. The molecule has 13 heavy (non-hydrogen) atoms. The summed E-state index contributed by atoms with van der Waals surface area (Å²) in [5, 5.41) is 1.64. The van der Waals surface area contributed by atoms with Gasteiger partial charge in [-0.1, -0.05) is 11.6 Å². The van der Waals surface area contributed by atoms with Crippen LogP contribution in [0.3, 0.4) is 0 Å². The van der Waals surface area contributed by atoms with Crippen molar-refractivity contribution in [2.75, 3.05) is 0 Å². The maximum absolute atomic E-state index is 5.94. The van der Waals surface area contributed by atoms with Crippen molar-refractivity contribution in [2.24, 2.45) is 5.73 Å². The molecule has 2 aromatic heterocycles. The SMILES string of the molecule is NCc1cnc(Cl)c2sc(Br)cc12. The van der Waals surface area contributed by atoms with Crippen LogP contribution in [0, 0.1) is 0 Å². The fourth-order valence-corrected chi connectivity index (χ4v) is 2.97. The molecule has 0 amide bonds. The molecule has 2 rings (SSSR count). The van der Waals surface area contributed by atoms with Crippen molar-refractivity contribution < 1.29 is 0 Å². The Morgan fingerprint density at radius 1 is 1.62 bits per heavy atom. The summed E-state index contributed by atoms with van der Waals surface area (Å²) in [6, 6.07) is 2.02. The molecule has 0 fully saturated rings. The lowest BCUT2D eigenvalue weighted by molar-refractivity contribution is 1.07. The van der Waals surface area contributed by atoms with Gasteiger partial charge in [0.1, 0.15) is 5.15 Å². The van der Waals surface area contributed by atoms with Gasteiger partial charge in [0.2, 0.25) is 0 Å². The monoisotopic (exact) mass is 276 g/mol. The van der Waals surface area contributed by atoms with Gasteiger partial charge in [-0.2, -0.15) is 0 Å². The van der Waals surface area contributed by atoms with Crippen LogP contribution in [0.5, 0.6) is 0 Å². The number of halogens is 2. The lowest BCUT2D eigenvalue weighted by atomic mass is 10.2. The molecule has 0 radical (unpaired) electrons. The zero-order chi connectivity index (χ0) is 9.42. The van der Waals surface area contributed by atoms with E-state index in [-0.39, 0.29) is 0 Å².